The second kappa shape index (κ2) is 5.13. The highest BCUT2D eigenvalue weighted by Crippen LogP contribution is 2.33. The van der Waals surface area contributed by atoms with Crippen molar-refractivity contribution < 1.29 is 23.6 Å². The summed E-state index contributed by atoms with van der Waals surface area (Å²) >= 11 is 0. The molecule has 0 amide bonds. The zero-order valence-corrected chi connectivity index (χ0v) is 8.63. The number of aliphatic carboxylic acids is 1. The monoisotopic (exact) mass is 257 g/mol. The van der Waals surface area contributed by atoms with Gasteiger partial charge >= 0.3 is 5.97 Å². The van der Waals surface area contributed by atoms with Gasteiger partial charge in [0.1, 0.15) is 17.2 Å². The van der Waals surface area contributed by atoms with Crippen LogP contribution in [0, 0.1) is 21.4 Å². The fourth-order valence-corrected chi connectivity index (χ4v) is 1.35. The lowest BCUT2D eigenvalue weighted by atomic mass is 10.1. The molecule has 7 nitrogen and oxygen atoms in total. The predicted octanol–water partition coefficient (Wildman–Crippen LogP) is 1.43. The van der Waals surface area contributed by atoms with Gasteiger partial charge < -0.3 is 5.11 Å². The van der Waals surface area contributed by atoms with Gasteiger partial charge in [0.05, 0.1) is 23.2 Å². The minimum atomic E-state index is -3.29. The zero-order chi connectivity index (χ0) is 13.9. The minimum absolute atomic E-state index is 0.622. The molecule has 0 spiro atoms. The molecule has 0 radical (unpaired) electrons. The summed E-state index contributed by atoms with van der Waals surface area (Å²) in [6, 6.07) is 1.37. The van der Waals surface area contributed by atoms with Gasteiger partial charge in [-0.2, -0.15) is 5.26 Å². The van der Waals surface area contributed by atoms with Crippen LogP contribution in [0.25, 0.3) is 0 Å². The van der Waals surface area contributed by atoms with Crippen LogP contribution in [0.5, 0.6) is 0 Å². The van der Waals surface area contributed by atoms with Gasteiger partial charge in [0.15, 0.2) is 0 Å². The van der Waals surface area contributed by atoms with Gasteiger partial charge in [-0.05, 0) is 0 Å². The fraction of sp³-hybridized carbons (Fsp3) is 0.222. The number of carbonyl (C=O) groups is 1. The van der Waals surface area contributed by atoms with E-state index in [1.54, 1.807) is 0 Å². The minimum Gasteiger partial charge on any atom is -0.481 e. The lowest BCUT2D eigenvalue weighted by molar-refractivity contribution is -0.386. The molecule has 0 saturated carbocycles. The van der Waals surface area contributed by atoms with Gasteiger partial charge in [0, 0.05) is 0 Å². The van der Waals surface area contributed by atoms with E-state index in [0.717, 1.165) is 0 Å². The average molecular weight is 257 g/mol. The standard InChI is InChI=1S/C9H5F2N3O4/c10-9(11)7-5(1-6(15)16)13-3-4(2-12)8(7)14(17)18/h3,9H,1H2,(H,15,16). The van der Waals surface area contributed by atoms with E-state index >= 15 is 0 Å². The number of aromatic nitrogens is 1. The largest absolute Gasteiger partial charge is 0.481 e. The molecular weight excluding hydrogens is 252 g/mol. The molecule has 0 aliphatic heterocycles. The summed E-state index contributed by atoms with van der Waals surface area (Å²) in [6.45, 7) is 0. The summed E-state index contributed by atoms with van der Waals surface area (Å²) in [5.74, 6) is -1.46. The summed E-state index contributed by atoms with van der Waals surface area (Å²) in [7, 11) is 0. The number of alkyl halides is 2. The van der Waals surface area contributed by atoms with Crippen molar-refractivity contribution in [2.75, 3.05) is 0 Å². The molecule has 0 atom stereocenters. The van der Waals surface area contributed by atoms with Gasteiger partial charge in [-0.15, -0.1) is 0 Å². The Kier molecular flexibility index (Phi) is 3.83. The summed E-state index contributed by atoms with van der Waals surface area (Å²) in [6.07, 6.45) is -3.46. The lowest BCUT2D eigenvalue weighted by Gasteiger charge is -2.07. The summed E-state index contributed by atoms with van der Waals surface area (Å²) in [5.41, 5.74) is -3.48. The number of rotatable bonds is 4. The number of hydrogen-bond donors (Lipinski definition) is 1. The van der Waals surface area contributed by atoms with E-state index in [2.05, 4.69) is 4.98 Å². The van der Waals surface area contributed by atoms with Crippen molar-refractivity contribution in [1.29, 1.82) is 5.26 Å². The van der Waals surface area contributed by atoms with E-state index < -0.39 is 46.2 Å². The highest BCUT2D eigenvalue weighted by Gasteiger charge is 2.31. The molecule has 0 bridgehead atoms. The number of carboxylic acid groups (broad SMARTS) is 1. The smallest absolute Gasteiger partial charge is 0.309 e. The quantitative estimate of drug-likeness (QED) is 0.643. The number of nitro groups is 1. The van der Waals surface area contributed by atoms with Crippen LogP contribution in [-0.4, -0.2) is 21.0 Å². The molecule has 9 heteroatoms. The maximum atomic E-state index is 12.8. The number of halogens is 2. The van der Waals surface area contributed by atoms with Gasteiger partial charge in [0.2, 0.25) is 0 Å². The molecule has 1 aromatic rings. The summed E-state index contributed by atoms with van der Waals surface area (Å²) in [4.78, 5) is 23.4. The number of nitriles is 1. The number of nitrogens with zero attached hydrogens (tertiary/aromatic N) is 3. The zero-order valence-electron chi connectivity index (χ0n) is 8.63. The van der Waals surface area contributed by atoms with Crippen molar-refractivity contribution >= 4 is 11.7 Å². The number of pyridine rings is 1. The van der Waals surface area contributed by atoms with Crippen molar-refractivity contribution in [2.45, 2.75) is 12.8 Å². The first-order valence-electron chi connectivity index (χ1n) is 4.44. The molecule has 1 aromatic heterocycles. The number of carboxylic acids is 1. The van der Waals surface area contributed by atoms with E-state index in [-0.39, 0.29) is 0 Å². The summed E-state index contributed by atoms with van der Waals surface area (Å²) < 4.78 is 25.5. The number of hydrogen-bond acceptors (Lipinski definition) is 5. The van der Waals surface area contributed by atoms with Crippen molar-refractivity contribution in [3.05, 3.63) is 33.1 Å². The molecule has 1 N–H and O–H groups in total. The predicted molar refractivity (Wildman–Crippen MR) is 51.9 cm³/mol. The van der Waals surface area contributed by atoms with Crippen LogP contribution in [-0.2, 0) is 11.2 Å². The van der Waals surface area contributed by atoms with Crippen LogP contribution < -0.4 is 0 Å². The second-order valence-corrected chi connectivity index (χ2v) is 3.12. The lowest BCUT2D eigenvalue weighted by Crippen LogP contribution is -2.10. The first kappa shape index (κ1) is 13.4. The summed E-state index contributed by atoms with van der Waals surface area (Å²) in [5, 5.41) is 27.8. The molecule has 0 saturated heterocycles. The normalized spacial score (nSPS) is 10.1. The maximum Gasteiger partial charge on any atom is 0.309 e. The molecule has 0 fully saturated rings. The molecule has 94 valence electrons. The molecule has 0 aliphatic carbocycles. The van der Waals surface area contributed by atoms with E-state index in [1.807, 2.05) is 0 Å². The highest BCUT2D eigenvalue weighted by molar-refractivity contribution is 5.71. The Hall–Kier alpha value is -2.63. The third-order valence-corrected chi connectivity index (χ3v) is 2.01. The Labute approximate surface area is 98.4 Å². The highest BCUT2D eigenvalue weighted by atomic mass is 19.3. The van der Waals surface area contributed by atoms with E-state index in [4.69, 9.17) is 10.4 Å². The molecule has 1 heterocycles. The molecule has 18 heavy (non-hydrogen) atoms. The van der Waals surface area contributed by atoms with Gasteiger partial charge in [-0.25, -0.2) is 8.78 Å². The van der Waals surface area contributed by atoms with Crippen LogP contribution >= 0.6 is 0 Å². The van der Waals surface area contributed by atoms with E-state index in [0.29, 0.717) is 6.20 Å². The molecule has 0 unspecified atom stereocenters. The fourth-order valence-electron chi connectivity index (χ4n) is 1.35. The third kappa shape index (κ3) is 2.54. The Bertz CT molecular complexity index is 553. The topological polar surface area (TPSA) is 117 Å². The molecule has 0 aromatic carbocycles. The van der Waals surface area contributed by atoms with Crippen LogP contribution in [0.4, 0.5) is 14.5 Å². The Morgan fingerprint density at radius 1 is 1.67 bits per heavy atom. The first-order valence-corrected chi connectivity index (χ1v) is 4.44. The first-order chi connectivity index (χ1) is 8.38. The molecule has 1 rings (SSSR count). The van der Waals surface area contributed by atoms with Gasteiger partial charge in [-0.1, -0.05) is 0 Å². The molecule has 0 aliphatic rings. The van der Waals surface area contributed by atoms with Crippen LogP contribution in [0.15, 0.2) is 6.20 Å². The Morgan fingerprint density at radius 2 is 2.28 bits per heavy atom. The molecular formula is C9H5F2N3O4. The van der Waals surface area contributed by atoms with Crippen LogP contribution in [0.1, 0.15) is 23.2 Å². The van der Waals surface area contributed by atoms with Crippen molar-refractivity contribution in [3.8, 4) is 6.07 Å². The van der Waals surface area contributed by atoms with Crippen molar-refractivity contribution in [1.82, 2.24) is 4.98 Å². The Balaban J connectivity index is 3.58. The Morgan fingerprint density at radius 3 is 2.67 bits per heavy atom. The van der Waals surface area contributed by atoms with E-state index in [1.165, 1.54) is 6.07 Å². The van der Waals surface area contributed by atoms with Gasteiger partial charge in [0.25, 0.3) is 12.1 Å². The van der Waals surface area contributed by atoms with Crippen LogP contribution in [0.2, 0.25) is 0 Å². The maximum absolute atomic E-state index is 12.8. The third-order valence-electron chi connectivity index (χ3n) is 2.01. The van der Waals surface area contributed by atoms with Crippen molar-refractivity contribution in [3.63, 3.8) is 0 Å². The average Bonchev–Trinajstić information content (AvgIpc) is 2.26. The second-order valence-electron chi connectivity index (χ2n) is 3.12. The SMILES string of the molecule is N#Cc1cnc(CC(=O)O)c(C(F)F)c1[N+](=O)[O-]. The van der Waals surface area contributed by atoms with E-state index in [9.17, 15) is 23.7 Å². The van der Waals surface area contributed by atoms with Gasteiger partial charge in [-0.3, -0.25) is 19.9 Å². The van der Waals surface area contributed by atoms with Crippen LogP contribution in [0.3, 0.4) is 0 Å². The van der Waals surface area contributed by atoms with Crippen molar-refractivity contribution in [2.24, 2.45) is 0 Å².